The standard InChI is InChI=1S/C27H28FN5O3/c1-32-11-9-19-22(32)7-6-16(26(19)33-14-17(29)13-18(33)15-34)12-23(35)21-8-10-30-27(31-21)25-20(28)4-3-5-24(25)36-2/h3-11,17-18,34H,12-15,29H2,1-2H3/t17-,18-/m0/s1. The summed E-state index contributed by atoms with van der Waals surface area (Å²) in [5, 5.41) is 11.0. The molecule has 0 aliphatic carbocycles. The minimum Gasteiger partial charge on any atom is -0.496 e. The normalized spacial score (nSPS) is 17.6. The summed E-state index contributed by atoms with van der Waals surface area (Å²) in [5.74, 6) is -0.386. The lowest BCUT2D eigenvalue weighted by molar-refractivity contribution is 0.0988. The SMILES string of the molecule is COc1cccc(F)c1-c1nccc(C(=O)Cc2ccc3c(ccn3C)c2N2C[C@@H](N)C[C@H]2CO)n1. The number of rotatable bonds is 7. The molecule has 0 spiro atoms. The Hall–Kier alpha value is -3.82. The van der Waals surface area contributed by atoms with Gasteiger partial charge in [-0.3, -0.25) is 4.79 Å². The number of hydrogen-bond acceptors (Lipinski definition) is 7. The fraction of sp³-hybridized carbons (Fsp3) is 0.296. The van der Waals surface area contributed by atoms with Crippen molar-refractivity contribution in [2.45, 2.75) is 24.9 Å². The number of Topliss-reactive ketones (excluding diaryl/α,β-unsaturated/α-hetero) is 1. The lowest BCUT2D eigenvalue weighted by Gasteiger charge is -2.28. The van der Waals surface area contributed by atoms with Gasteiger partial charge in [0.1, 0.15) is 17.3 Å². The fourth-order valence-corrected chi connectivity index (χ4v) is 5.05. The molecule has 9 heteroatoms. The van der Waals surface area contributed by atoms with Crippen LogP contribution in [-0.4, -0.2) is 57.8 Å². The maximum atomic E-state index is 14.6. The van der Waals surface area contributed by atoms with Crippen molar-refractivity contribution in [2.24, 2.45) is 12.8 Å². The van der Waals surface area contributed by atoms with Gasteiger partial charge in [-0.05, 0) is 42.3 Å². The molecule has 1 fully saturated rings. The van der Waals surface area contributed by atoms with Gasteiger partial charge < -0.3 is 25.0 Å². The van der Waals surface area contributed by atoms with Crippen molar-refractivity contribution in [1.29, 1.82) is 0 Å². The molecule has 36 heavy (non-hydrogen) atoms. The van der Waals surface area contributed by atoms with Crippen molar-refractivity contribution in [1.82, 2.24) is 14.5 Å². The second-order valence-corrected chi connectivity index (χ2v) is 9.10. The molecule has 5 rings (SSSR count). The van der Waals surface area contributed by atoms with Gasteiger partial charge in [0, 0.05) is 49.4 Å². The number of nitrogens with zero attached hydrogens (tertiary/aromatic N) is 4. The Morgan fingerprint density at radius 1 is 1.25 bits per heavy atom. The molecule has 1 saturated heterocycles. The van der Waals surface area contributed by atoms with Gasteiger partial charge in [-0.15, -0.1) is 0 Å². The number of ketones is 1. The van der Waals surface area contributed by atoms with Crippen LogP contribution in [-0.2, 0) is 13.5 Å². The second kappa shape index (κ2) is 9.67. The smallest absolute Gasteiger partial charge is 0.185 e. The van der Waals surface area contributed by atoms with Crippen LogP contribution in [0.2, 0.25) is 0 Å². The van der Waals surface area contributed by atoms with Gasteiger partial charge in [-0.2, -0.15) is 0 Å². The number of aromatic nitrogens is 3. The van der Waals surface area contributed by atoms with E-state index in [0.717, 1.165) is 22.2 Å². The summed E-state index contributed by atoms with van der Waals surface area (Å²) in [6, 6.07) is 11.7. The van der Waals surface area contributed by atoms with Gasteiger partial charge in [0.2, 0.25) is 0 Å². The lowest BCUT2D eigenvalue weighted by atomic mass is 10.0. The summed E-state index contributed by atoms with van der Waals surface area (Å²) < 4.78 is 21.9. The Balaban J connectivity index is 1.54. The first kappa shape index (κ1) is 23.9. The number of anilines is 1. The van der Waals surface area contributed by atoms with Gasteiger partial charge >= 0.3 is 0 Å². The van der Waals surface area contributed by atoms with Crippen molar-refractivity contribution >= 4 is 22.4 Å². The van der Waals surface area contributed by atoms with E-state index >= 15 is 0 Å². The number of carbonyl (C=O) groups excluding carboxylic acids is 1. The molecule has 0 amide bonds. The van der Waals surface area contributed by atoms with E-state index < -0.39 is 5.82 Å². The van der Waals surface area contributed by atoms with Gasteiger partial charge in [-0.1, -0.05) is 12.1 Å². The van der Waals surface area contributed by atoms with Gasteiger partial charge in [0.05, 0.1) is 31.0 Å². The predicted molar refractivity (Wildman–Crippen MR) is 136 cm³/mol. The lowest BCUT2D eigenvalue weighted by Crippen LogP contribution is -2.34. The van der Waals surface area contributed by atoms with Crippen LogP contribution in [0.5, 0.6) is 5.75 Å². The summed E-state index contributed by atoms with van der Waals surface area (Å²) in [4.78, 5) is 24.1. The Labute approximate surface area is 208 Å². The average Bonchev–Trinajstić information content (AvgIpc) is 3.45. The van der Waals surface area contributed by atoms with E-state index in [1.54, 1.807) is 6.07 Å². The molecule has 4 aromatic rings. The second-order valence-electron chi connectivity index (χ2n) is 9.10. The van der Waals surface area contributed by atoms with Crippen molar-refractivity contribution < 1.29 is 19.0 Å². The number of nitrogens with two attached hydrogens (primary N) is 1. The number of benzene rings is 2. The third-order valence-corrected chi connectivity index (χ3v) is 6.78. The summed E-state index contributed by atoms with van der Waals surface area (Å²) in [7, 11) is 3.41. The molecule has 3 N–H and O–H groups in total. The van der Waals surface area contributed by atoms with Crippen molar-refractivity contribution in [3.05, 3.63) is 71.9 Å². The first-order valence-corrected chi connectivity index (χ1v) is 11.8. The zero-order chi connectivity index (χ0) is 25.4. The van der Waals surface area contributed by atoms with Crippen molar-refractivity contribution in [3.8, 4) is 17.1 Å². The number of aliphatic hydroxyl groups is 1. The van der Waals surface area contributed by atoms with E-state index in [9.17, 15) is 14.3 Å². The monoisotopic (exact) mass is 489 g/mol. The average molecular weight is 490 g/mol. The maximum absolute atomic E-state index is 14.6. The molecule has 2 aromatic carbocycles. The van der Waals surface area contributed by atoms with Crippen LogP contribution < -0.4 is 15.4 Å². The van der Waals surface area contributed by atoms with Crippen LogP contribution in [0.1, 0.15) is 22.5 Å². The Morgan fingerprint density at radius 2 is 2.08 bits per heavy atom. The van der Waals surface area contributed by atoms with Gasteiger partial charge in [0.15, 0.2) is 11.6 Å². The molecular formula is C27H28FN5O3. The molecule has 186 valence electrons. The zero-order valence-electron chi connectivity index (χ0n) is 20.2. The zero-order valence-corrected chi connectivity index (χ0v) is 20.2. The molecule has 3 heterocycles. The van der Waals surface area contributed by atoms with Crippen molar-refractivity contribution in [2.75, 3.05) is 25.2 Å². The molecule has 0 saturated carbocycles. The third kappa shape index (κ3) is 4.20. The minimum atomic E-state index is -0.531. The maximum Gasteiger partial charge on any atom is 0.185 e. The number of aryl methyl sites for hydroxylation is 1. The highest BCUT2D eigenvalue weighted by molar-refractivity contribution is 6.01. The Kier molecular flexibility index (Phi) is 6.42. The van der Waals surface area contributed by atoms with Gasteiger partial charge in [-0.25, -0.2) is 14.4 Å². The van der Waals surface area contributed by atoms with Crippen LogP contribution in [0.3, 0.4) is 0 Å². The highest BCUT2D eigenvalue weighted by atomic mass is 19.1. The number of fused-ring (bicyclic) bond motifs is 1. The molecule has 2 atom stereocenters. The van der Waals surface area contributed by atoms with E-state index in [4.69, 9.17) is 10.5 Å². The van der Waals surface area contributed by atoms with Crippen LogP contribution in [0.4, 0.5) is 10.1 Å². The van der Waals surface area contributed by atoms with E-state index in [-0.39, 0.29) is 53.7 Å². The summed E-state index contributed by atoms with van der Waals surface area (Å²) >= 11 is 0. The highest BCUT2D eigenvalue weighted by Gasteiger charge is 2.32. The third-order valence-electron chi connectivity index (χ3n) is 6.78. The van der Waals surface area contributed by atoms with Gasteiger partial charge in [0.25, 0.3) is 0 Å². The van der Waals surface area contributed by atoms with Crippen LogP contribution in [0.25, 0.3) is 22.3 Å². The number of ether oxygens (including phenoxy) is 1. The fourth-order valence-electron chi connectivity index (χ4n) is 5.05. The number of aliphatic hydroxyl groups excluding tert-OH is 1. The highest BCUT2D eigenvalue weighted by Crippen LogP contribution is 2.37. The minimum absolute atomic E-state index is 0.0238. The topological polar surface area (TPSA) is 106 Å². The number of methoxy groups -OCH3 is 1. The van der Waals surface area contributed by atoms with E-state index in [0.29, 0.717) is 13.0 Å². The summed E-state index contributed by atoms with van der Waals surface area (Å²) in [6.07, 6.45) is 4.17. The molecular weight excluding hydrogens is 461 g/mol. The van der Waals surface area contributed by atoms with E-state index in [1.165, 1.54) is 31.5 Å². The largest absolute Gasteiger partial charge is 0.496 e. The van der Waals surface area contributed by atoms with E-state index in [1.807, 2.05) is 36.0 Å². The predicted octanol–water partition coefficient (Wildman–Crippen LogP) is 3.11. The number of hydrogen-bond donors (Lipinski definition) is 2. The summed E-state index contributed by atoms with van der Waals surface area (Å²) in [5.41, 5.74) is 9.27. The van der Waals surface area contributed by atoms with E-state index in [2.05, 4.69) is 14.9 Å². The number of carbonyl (C=O) groups is 1. The molecule has 8 nitrogen and oxygen atoms in total. The number of halogens is 1. The quantitative estimate of drug-likeness (QED) is 0.384. The molecule has 0 unspecified atom stereocenters. The summed E-state index contributed by atoms with van der Waals surface area (Å²) in [6.45, 7) is 0.565. The Morgan fingerprint density at radius 3 is 2.86 bits per heavy atom. The van der Waals surface area contributed by atoms with Crippen LogP contribution in [0.15, 0.2) is 54.9 Å². The Bertz CT molecular complexity index is 1440. The van der Waals surface area contributed by atoms with Crippen LogP contribution >= 0.6 is 0 Å². The first-order valence-electron chi connectivity index (χ1n) is 11.8. The molecule has 2 aromatic heterocycles. The molecule has 1 aliphatic rings. The van der Waals surface area contributed by atoms with Crippen molar-refractivity contribution in [3.63, 3.8) is 0 Å². The first-order chi connectivity index (χ1) is 17.4. The molecule has 0 radical (unpaired) electrons. The molecule has 1 aliphatic heterocycles. The van der Waals surface area contributed by atoms with Crippen LogP contribution in [0, 0.1) is 5.82 Å². The molecule has 0 bridgehead atoms.